The standard InChI is InChI=1S/C19H17N5OS/c1-12(26-19-23-15-4-2-3-5-16(15)24-19)18(25)22-14-8-6-13(7-9-14)17-10-20-11-21-17/h2-12H,1H3,(H,20,21)(H,22,25)(H,23,24). The second kappa shape index (κ2) is 7.05. The molecule has 1 amide bonds. The molecule has 1 atom stereocenters. The van der Waals surface area contributed by atoms with Crippen LogP contribution < -0.4 is 5.32 Å². The number of rotatable bonds is 5. The molecule has 2 aromatic carbocycles. The van der Waals surface area contributed by atoms with Crippen molar-refractivity contribution < 1.29 is 4.79 Å². The Morgan fingerprint density at radius 3 is 2.69 bits per heavy atom. The van der Waals surface area contributed by atoms with Gasteiger partial charge in [0.25, 0.3) is 0 Å². The van der Waals surface area contributed by atoms with E-state index in [1.54, 1.807) is 12.5 Å². The highest BCUT2D eigenvalue weighted by atomic mass is 32.2. The maximum absolute atomic E-state index is 12.5. The minimum Gasteiger partial charge on any atom is -0.345 e. The van der Waals surface area contributed by atoms with E-state index in [2.05, 4.69) is 25.3 Å². The number of benzene rings is 2. The van der Waals surface area contributed by atoms with Gasteiger partial charge in [-0.3, -0.25) is 4.79 Å². The van der Waals surface area contributed by atoms with Gasteiger partial charge < -0.3 is 15.3 Å². The first-order valence-corrected chi connectivity index (χ1v) is 9.08. The van der Waals surface area contributed by atoms with Gasteiger partial charge in [0.1, 0.15) is 0 Å². The number of nitrogens with one attached hydrogen (secondary N) is 3. The summed E-state index contributed by atoms with van der Waals surface area (Å²) in [5, 5.41) is 3.41. The number of aromatic amines is 2. The topological polar surface area (TPSA) is 86.5 Å². The van der Waals surface area contributed by atoms with E-state index in [0.717, 1.165) is 33.1 Å². The summed E-state index contributed by atoms with van der Waals surface area (Å²) < 4.78 is 0. The Morgan fingerprint density at radius 2 is 1.96 bits per heavy atom. The quantitative estimate of drug-likeness (QED) is 0.467. The Kier molecular flexibility index (Phi) is 4.45. The van der Waals surface area contributed by atoms with Crippen molar-refractivity contribution in [2.75, 3.05) is 5.32 Å². The Bertz CT molecular complexity index is 991. The fraction of sp³-hybridized carbons (Fsp3) is 0.105. The summed E-state index contributed by atoms with van der Waals surface area (Å²) in [5.41, 5.74) is 4.59. The average molecular weight is 363 g/mol. The molecule has 2 aromatic heterocycles. The number of fused-ring (bicyclic) bond motifs is 1. The molecular formula is C19H17N5OS. The molecule has 0 fully saturated rings. The lowest BCUT2D eigenvalue weighted by molar-refractivity contribution is -0.115. The van der Waals surface area contributed by atoms with Gasteiger partial charge in [-0.2, -0.15) is 0 Å². The van der Waals surface area contributed by atoms with Gasteiger partial charge in [-0.25, -0.2) is 9.97 Å². The van der Waals surface area contributed by atoms with Crippen molar-refractivity contribution in [1.29, 1.82) is 0 Å². The van der Waals surface area contributed by atoms with E-state index in [0.29, 0.717) is 0 Å². The summed E-state index contributed by atoms with van der Waals surface area (Å²) in [6.45, 7) is 1.87. The van der Waals surface area contributed by atoms with E-state index < -0.39 is 0 Å². The number of nitrogens with zero attached hydrogens (tertiary/aromatic N) is 2. The summed E-state index contributed by atoms with van der Waals surface area (Å²) in [7, 11) is 0. The van der Waals surface area contributed by atoms with Crippen molar-refractivity contribution in [3.63, 3.8) is 0 Å². The van der Waals surface area contributed by atoms with Crippen LogP contribution in [0.5, 0.6) is 0 Å². The second-order valence-corrected chi connectivity index (χ2v) is 7.18. The molecule has 0 radical (unpaired) electrons. The second-order valence-electron chi connectivity index (χ2n) is 5.85. The molecule has 0 saturated heterocycles. The van der Waals surface area contributed by atoms with Crippen molar-refractivity contribution in [1.82, 2.24) is 19.9 Å². The third kappa shape index (κ3) is 3.48. The minimum atomic E-state index is -0.275. The third-order valence-electron chi connectivity index (χ3n) is 3.99. The Morgan fingerprint density at radius 1 is 1.15 bits per heavy atom. The van der Waals surface area contributed by atoms with Gasteiger partial charge in [-0.05, 0) is 36.8 Å². The van der Waals surface area contributed by atoms with Gasteiger partial charge in [0.2, 0.25) is 5.91 Å². The summed E-state index contributed by atoms with van der Waals surface area (Å²) in [5.74, 6) is -0.0650. The van der Waals surface area contributed by atoms with Gasteiger partial charge in [0.05, 0.1) is 34.5 Å². The Hall–Kier alpha value is -3.06. The molecule has 0 bridgehead atoms. The number of imidazole rings is 2. The maximum atomic E-state index is 12.5. The van der Waals surface area contributed by atoms with Crippen LogP contribution in [0.25, 0.3) is 22.3 Å². The van der Waals surface area contributed by atoms with Gasteiger partial charge in [0.15, 0.2) is 5.16 Å². The van der Waals surface area contributed by atoms with E-state index in [4.69, 9.17) is 0 Å². The van der Waals surface area contributed by atoms with Crippen LogP contribution >= 0.6 is 11.8 Å². The average Bonchev–Trinajstić information content (AvgIpc) is 3.31. The highest BCUT2D eigenvalue weighted by molar-refractivity contribution is 8.00. The molecule has 0 spiro atoms. The zero-order chi connectivity index (χ0) is 17.9. The molecular weight excluding hydrogens is 346 g/mol. The number of carbonyl (C=O) groups excluding carboxylic acids is 1. The van der Waals surface area contributed by atoms with Gasteiger partial charge >= 0.3 is 0 Å². The Labute approximate surface area is 154 Å². The normalized spacial score (nSPS) is 12.2. The van der Waals surface area contributed by atoms with Crippen molar-refractivity contribution >= 4 is 34.4 Å². The molecule has 1 unspecified atom stereocenters. The number of H-pyrrole nitrogens is 2. The van der Waals surface area contributed by atoms with E-state index >= 15 is 0 Å². The number of hydrogen-bond acceptors (Lipinski definition) is 4. The van der Waals surface area contributed by atoms with E-state index in [1.165, 1.54) is 11.8 Å². The molecule has 6 nitrogen and oxygen atoms in total. The number of para-hydroxylation sites is 2. The molecule has 0 saturated carbocycles. The van der Waals surface area contributed by atoms with Crippen LogP contribution in [0.15, 0.2) is 66.2 Å². The smallest absolute Gasteiger partial charge is 0.237 e. The highest BCUT2D eigenvalue weighted by Crippen LogP contribution is 2.25. The summed E-state index contributed by atoms with van der Waals surface area (Å²) >= 11 is 1.41. The van der Waals surface area contributed by atoms with Crippen LogP contribution in [0.1, 0.15) is 6.92 Å². The van der Waals surface area contributed by atoms with Crippen molar-refractivity contribution in [2.45, 2.75) is 17.3 Å². The molecule has 0 aliphatic carbocycles. The number of anilines is 1. The number of hydrogen-bond donors (Lipinski definition) is 3. The van der Waals surface area contributed by atoms with Gasteiger partial charge in [-0.15, -0.1) is 0 Å². The molecule has 2 heterocycles. The van der Waals surface area contributed by atoms with Crippen LogP contribution in [0.4, 0.5) is 5.69 Å². The van der Waals surface area contributed by atoms with Crippen LogP contribution in [-0.4, -0.2) is 31.1 Å². The number of aromatic nitrogens is 4. The maximum Gasteiger partial charge on any atom is 0.237 e. The zero-order valence-electron chi connectivity index (χ0n) is 14.1. The van der Waals surface area contributed by atoms with Crippen LogP contribution in [0.3, 0.4) is 0 Å². The molecule has 3 N–H and O–H groups in total. The number of thioether (sulfide) groups is 1. The first-order chi connectivity index (χ1) is 12.7. The molecule has 130 valence electrons. The lowest BCUT2D eigenvalue weighted by Crippen LogP contribution is -2.22. The van der Waals surface area contributed by atoms with Crippen molar-refractivity contribution in [2.24, 2.45) is 0 Å². The summed E-state index contributed by atoms with van der Waals surface area (Å²) in [6, 6.07) is 15.5. The highest BCUT2D eigenvalue weighted by Gasteiger charge is 2.16. The molecule has 0 aliphatic rings. The summed E-state index contributed by atoms with van der Waals surface area (Å²) in [6.07, 6.45) is 3.40. The van der Waals surface area contributed by atoms with E-state index in [1.807, 2.05) is 55.5 Å². The molecule has 7 heteroatoms. The van der Waals surface area contributed by atoms with Crippen molar-refractivity contribution in [3.8, 4) is 11.3 Å². The largest absolute Gasteiger partial charge is 0.345 e. The summed E-state index contributed by atoms with van der Waals surface area (Å²) in [4.78, 5) is 27.3. The van der Waals surface area contributed by atoms with Gasteiger partial charge in [0, 0.05) is 5.69 Å². The molecule has 4 rings (SSSR count). The first kappa shape index (κ1) is 16.4. The third-order valence-corrected chi connectivity index (χ3v) is 4.97. The van der Waals surface area contributed by atoms with Crippen molar-refractivity contribution in [3.05, 3.63) is 61.1 Å². The fourth-order valence-electron chi connectivity index (χ4n) is 2.60. The minimum absolute atomic E-state index is 0.0650. The van der Waals surface area contributed by atoms with E-state index in [9.17, 15) is 4.79 Å². The van der Waals surface area contributed by atoms with Gasteiger partial charge in [-0.1, -0.05) is 36.0 Å². The van der Waals surface area contributed by atoms with E-state index in [-0.39, 0.29) is 11.2 Å². The first-order valence-electron chi connectivity index (χ1n) is 8.20. The number of amides is 1. The lowest BCUT2D eigenvalue weighted by atomic mass is 10.1. The molecule has 4 aromatic rings. The zero-order valence-corrected chi connectivity index (χ0v) is 14.9. The molecule has 26 heavy (non-hydrogen) atoms. The van der Waals surface area contributed by atoms with Crippen LogP contribution in [-0.2, 0) is 4.79 Å². The molecule has 0 aliphatic heterocycles. The predicted octanol–water partition coefficient (Wildman–Crippen LogP) is 4.07. The number of carbonyl (C=O) groups is 1. The lowest BCUT2D eigenvalue weighted by Gasteiger charge is -2.11. The van der Waals surface area contributed by atoms with Crippen LogP contribution in [0.2, 0.25) is 0 Å². The van der Waals surface area contributed by atoms with Crippen LogP contribution in [0, 0.1) is 0 Å². The SMILES string of the molecule is CC(Sc1nc2ccccc2[nH]1)C(=O)Nc1ccc(-c2cnc[nH]2)cc1. The monoisotopic (exact) mass is 363 g/mol. The predicted molar refractivity (Wildman–Crippen MR) is 104 cm³/mol. The Balaban J connectivity index is 1.40. The fourth-order valence-corrected chi connectivity index (χ4v) is 3.42.